The van der Waals surface area contributed by atoms with Gasteiger partial charge in [-0.15, -0.1) is 0 Å². The molecule has 1 aromatic carbocycles. The highest BCUT2D eigenvalue weighted by atomic mass is 19.2. The van der Waals surface area contributed by atoms with Gasteiger partial charge >= 0.3 is 5.97 Å². The molecule has 1 fully saturated rings. The lowest BCUT2D eigenvalue weighted by Crippen LogP contribution is -2.60. The second-order valence-electron chi connectivity index (χ2n) is 5.69. The van der Waals surface area contributed by atoms with Crippen molar-refractivity contribution in [2.45, 2.75) is 38.3 Å². The van der Waals surface area contributed by atoms with Gasteiger partial charge in [-0.25, -0.2) is 4.39 Å². The first-order chi connectivity index (χ1) is 9.86. The standard InChI is InChI=1S/C15H19F2NO3/c1-9(2)18-15(14(19)20,10-6-7-10)8-21-12-5-3-4-11(16)13(12)17/h3-5,9-10,18H,6-8H2,1-2H3,(H,19,20). The van der Waals surface area contributed by atoms with Crippen molar-refractivity contribution in [3.63, 3.8) is 0 Å². The minimum absolute atomic E-state index is 0.0611. The predicted octanol–water partition coefficient (Wildman–Crippen LogP) is 2.58. The van der Waals surface area contributed by atoms with Crippen molar-refractivity contribution < 1.29 is 23.4 Å². The van der Waals surface area contributed by atoms with Crippen molar-refractivity contribution in [3.05, 3.63) is 29.8 Å². The first-order valence-corrected chi connectivity index (χ1v) is 6.94. The fourth-order valence-electron chi connectivity index (χ4n) is 2.45. The number of hydrogen-bond donors (Lipinski definition) is 2. The summed E-state index contributed by atoms with van der Waals surface area (Å²) in [6.45, 7) is 3.43. The molecule has 0 radical (unpaired) electrons. The van der Waals surface area contributed by atoms with E-state index in [-0.39, 0.29) is 24.3 Å². The van der Waals surface area contributed by atoms with E-state index >= 15 is 0 Å². The first kappa shape index (κ1) is 15.7. The largest absolute Gasteiger partial charge is 0.488 e. The predicted molar refractivity (Wildman–Crippen MR) is 73.2 cm³/mol. The van der Waals surface area contributed by atoms with Gasteiger partial charge in [0.2, 0.25) is 5.82 Å². The molecule has 0 saturated heterocycles. The average Bonchev–Trinajstić information content (AvgIpc) is 3.22. The third-order valence-electron chi connectivity index (χ3n) is 3.57. The fourth-order valence-corrected chi connectivity index (χ4v) is 2.45. The van der Waals surface area contributed by atoms with Crippen LogP contribution in [0.4, 0.5) is 8.78 Å². The number of rotatable bonds is 7. The summed E-state index contributed by atoms with van der Waals surface area (Å²) in [5, 5.41) is 12.6. The number of aliphatic carboxylic acids is 1. The van der Waals surface area contributed by atoms with Gasteiger partial charge in [-0.2, -0.15) is 4.39 Å². The Hall–Kier alpha value is -1.69. The van der Waals surface area contributed by atoms with E-state index in [1.54, 1.807) is 0 Å². The summed E-state index contributed by atoms with van der Waals surface area (Å²) in [7, 11) is 0. The van der Waals surface area contributed by atoms with Gasteiger partial charge in [-0.3, -0.25) is 10.1 Å². The normalized spacial score (nSPS) is 17.6. The first-order valence-electron chi connectivity index (χ1n) is 6.94. The Kier molecular flexibility index (Phi) is 4.46. The number of nitrogens with one attached hydrogen (secondary N) is 1. The summed E-state index contributed by atoms with van der Waals surface area (Å²) in [6, 6.07) is 3.53. The van der Waals surface area contributed by atoms with E-state index in [0.29, 0.717) is 0 Å². The van der Waals surface area contributed by atoms with Gasteiger partial charge in [-0.1, -0.05) is 6.07 Å². The van der Waals surface area contributed by atoms with Crippen molar-refractivity contribution in [3.8, 4) is 5.75 Å². The van der Waals surface area contributed by atoms with Gasteiger partial charge in [0.15, 0.2) is 17.1 Å². The maximum absolute atomic E-state index is 13.6. The zero-order chi connectivity index (χ0) is 15.6. The van der Waals surface area contributed by atoms with Gasteiger partial charge in [0, 0.05) is 6.04 Å². The van der Waals surface area contributed by atoms with Crippen molar-refractivity contribution in [2.75, 3.05) is 6.61 Å². The number of carboxylic acids is 1. The Morgan fingerprint density at radius 3 is 2.67 bits per heavy atom. The molecule has 1 unspecified atom stereocenters. The van der Waals surface area contributed by atoms with Crippen molar-refractivity contribution in [2.24, 2.45) is 5.92 Å². The summed E-state index contributed by atoms with van der Waals surface area (Å²) in [6.07, 6.45) is 1.56. The third-order valence-corrected chi connectivity index (χ3v) is 3.57. The van der Waals surface area contributed by atoms with Gasteiger partial charge in [0.05, 0.1) is 0 Å². The van der Waals surface area contributed by atoms with Crippen LogP contribution in [0.25, 0.3) is 0 Å². The summed E-state index contributed by atoms with van der Waals surface area (Å²) in [5.41, 5.74) is -1.27. The Morgan fingerprint density at radius 1 is 1.48 bits per heavy atom. The van der Waals surface area contributed by atoms with Crippen LogP contribution in [0.15, 0.2) is 18.2 Å². The molecule has 2 N–H and O–H groups in total. The molecular formula is C15H19F2NO3. The Morgan fingerprint density at radius 2 is 2.14 bits per heavy atom. The molecule has 0 amide bonds. The summed E-state index contributed by atoms with van der Waals surface area (Å²) in [4.78, 5) is 11.7. The quantitative estimate of drug-likeness (QED) is 0.812. The molecule has 0 bridgehead atoms. The summed E-state index contributed by atoms with van der Waals surface area (Å²) >= 11 is 0. The fraction of sp³-hybridized carbons (Fsp3) is 0.533. The van der Waals surface area contributed by atoms with E-state index in [1.807, 2.05) is 13.8 Å². The maximum Gasteiger partial charge on any atom is 0.327 e. The molecule has 0 spiro atoms. The Bertz CT molecular complexity index is 532. The smallest absolute Gasteiger partial charge is 0.327 e. The number of carbonyl (C=O) groups is 1. The molecular weight excluding hydrogens is 280 g/mol. The number of halogens is 2. The van der Waals surface area contributed by atoms with E-state index < -0.39 is 23.1 Å². The lowest BCUT2D eigenvalue weighted by Gasteiger charge is -2.32. The van der Waals surface area contributed by atoms with E-state index in [4.69, 9.17) is 4.74 Å². The van der Waals surface area contributed by atoms with Crippen LogP contribution in [0.5, 0.6) is 5.75 Å². The highest BCUT2D eigenvalue weighted by molar-refractivity contribution is 5.80. The zero-order valence-electron chi connectivity index (χ0n) is 12.0. The minimum atomic E-state index is -1.27. The second-order valence-corrected chi connectivity index (χ2v) is 5.69. The number of carboxylic acid groups (broad SMARTS) is 1. The molecule has 1 aliphatic carbocycles. The van der Waals surface area contributed by atoms with Crippen molar-refractivity contribution >= 4 is 5.97 Å². The number of ether oxygens (including phenoxy) is 1. The van der Waals surface area contributed by atoms with Gasteiger partial charge in [0.1, 0.15) is 6.61 Å². The van der Waals surface area contributed by atoms with Crippen molar-refractivity contribution in [1.82, 2.24) is 5.32 Å². The molecule has 6 heteroatoms. The van der Waals surface area contributed by atoms with Crippen LogP contribution >= 0.6 is 0 Å². The summed E-state index contributed by atoms with van der Waals surface area (Å²) in [5.74, 6) is -3.48. The Balaban J connectivity index is 2.19. The van der Waals surface area contributed by atoms with E-state index in [0.717, 1.165) is 18.9 Å². The molecule has 2 rings (SSSR count). The number of benzene rings is 1. The number of hydrogen-bond acceptors (Lipinski definition) is 3. The minimum Gasteiger partial charge on any atom is -0.488 e. The van der Waals surface area contributed by atoms with E-state index in [9.17, 15) is 18.7 Å². The SMILES string of the molecule is CC(C)NC(COc1cccc(F)c1F)(C(=O)O)C1CC1. The third kappa shape index (κ3) is 3.32. The molecule has 4 nitrogen and oxygen atoms in total. The monoisotopic (exact) mass is 299 g/mol. The average molecular weight is 299 g/mol. The van der Waals surface area contributed by atoms with Gasteiger partial charge in [0.25, 0.3) is 0 Å². The van der Waals surface area contributed by atoms with Gasteiger partial charge in [-0.05, 0) is 44.7 Å². The zero-order valence-corrected chi connectivity index (χ0v) is 12.0. The molecule has 21 heavy (non-hydrogen) atoms. The van der Waals surface area contributed by atoms with Crippen LogP contribution < -0.4 is 10.1 Å². The molecule has 0 heterocycles. The Labute approximate surface area is 122 Å². The maximum atomic E-state index is 13.6. The van der Waals surface area contributed by atoms with Gasteiger partial charge < -0.3 is 9.84 Å². The molecule has 116 valence electrons. The molecule has 1 aliphatic rings. The highest BCUT2D eigenvalue weighted by Crippen LogP contribution is 2.40. The molecule has 1 saturated carbocycles. The van der Waals surface area contributed by atoms with Crippen LogP contribution in [0, 0.1) is 17.6 Å². The lowest BCUT2D eigenvalue weighted by molar-refractivity contribution is -0.148. The highest BCUT2D eigenvalue weighted by Gasteiger charge is 2.52. The molecule has 0 aliphatic heterocycles. The topological polar surface area (TPSA) is 58.6 Å². The van der Waals surface area contributed by atoms with Crippen LogP contribution in [-0.4, -0.2) is 29.3 Å². The molecule has 1 aromatic rings. The van der Waals surface area contributed by atoms with Crippen LogP contribution in [0.3, 0.4) is 0 Å². The molecule has 1 atom stereocenters. The second kappa shape index (κ2) is 5.97. The van der Waals surface area contributed by atoms with Crippen LogP contribution in [-0.2, 0) is 4.79 Å². The van der Waals surface area contributed by atoms with E-state index in [2.05, 4.69) is 5.32 Å². The van der Waals surface area contributed by atoms with Crippen LogP contribution in [0.2, 0.25) is 0 Å². The van der Waals surface area contributed by atoms with Crippen molar-refractivity contribution in [1.29, 1.82) is 0 Å². The molecule has 0 aromatic heterocycles. The van der Waals surface area contributed by atoms with E-state index in [1.165, 1.54) is 12.1 Å². The van der Waals surface area contributed by atoms with Crippen LogP contribution in [0.1, 0.15) is 26.7 Å². The summed E-state index contributed by atoms with van der Waals surface area (Å²) < 4.78 is 32.0. The lowest BCUT2D eigenvalue weighted by atomic mass is 9.93.